The molecule has 1 aliphatic rings. The highest BCUT2D eigenvalue weighted by Crippen LogP contribution is 2.32. The van der Waals surface area contributed by atoms with E-state index in [-0.39, 0.29) is 24.2 Å². The molecule has 0 bridgehead atoms. The topological polar surface area (TPSA) is 86.7 Å². The number of halogens is 1. The van der Waals surface area contributed by atoms with Crippen LogP contribution in [0.3, 0.4) is 0 Å². The Balaban J connectivity index is 0.00000264. The molecule has 1 aromatic carbocycles. The van der Waals surface area contributed by atoms with E-state index >= 15 is 0 Å². The molecule has 1 saturated heterocycles. The zero-order chi connectivity index (χ0) is 16.3. The molecule has 1 fully saturated rings. The van der Waals surface area contributed by atoms with E-state index in [9.17, 15) is 18.3 Å². The van der Waals surface area contributed by atoms with Crippen molar-refractivity contribution in [2.75, 3.05) is 23.7 Å². The number of sulfone groups is 1. The Hall–Kier alpha value is -1.31. The molecule has 1 unspecified atom stereocenters. The van der Waals surface area contributed by atoms with E-state index in [4.69, 9.17) is 0 Å². The molecule has 23 heavy (non-hydrogen) atoms. The number of rotatable bonds is 5. The van der Waals surface area contributed by atoms with Crippen molar-refractivity contribution in [2.24, 2.45) is 0 Å². The van der Waals surface area contributed by atoms with Gasteiger partial charge in [-0.05, 0) is 50.1 Å². The quantitative estimate of drug-likeness (QED) is 0.841. The molecule has 2 rings (SSSR count). The first-order valence-corrected chi connectivity index (χ1v) is 9.16. The highest BCUT2D eigenvalue weighted by atomic mass is 35.5. The lowest BCUT2D eigenvalue weighted by Crippen LogP contribution is -2.29. The van der Waals surface area contributed by atoms with Gasteiger partial charge in [-0.1, -0.05) is 6.92 Å². The van der Waals surface area contributed by atoms with Gasteiger partial charge in [-0.3, -0.25) is 4.90 Å². The molecular formula is C15H23ClN2O4S. The molecule has 130 valence electrons. The number of nitrogens with one attached hydrogen (secondary N) is 1. The molecule has 2 N–H and O–H groups in total. The summed E-state index contributed by atoms with van der Waals surface area (Å²) in [7, 11) is -3.34. The summed E-state index contributed by atoms with van der Waals surface area (Å²) in [5, 5.41) is 12.5. The normalized spacial score (nSPS) is 17.6. The smallest absolute Gasteiger partial charge is 0.411 e. The van der Waals surface area contributed by atoms with Gasteiger partial charge >= 0.3 is 6.09 Å². The summed E-state index contributed by atoms with van der Waals surface area (Å²) in [6, 6.07) is 4.76. The first kappa shape index (κ1) is 19.7. The Morgan fingerprint density at radius 1 is 1.39 bits per heavy atom. The van der Waals surface area contributed by atoms with Gasteiger partial charge in [0.1, 0.15) is 0 Å². The second-order valence-corrected chi connectivity index (χ2v) is 7.55. The van der Waals surface area contributed by atoms with Crippen LogP contribution in [-0.2, 0) is 9.84 Å². The Labute approximate surface area is 143 Å². The van der Waals surface area contributed by atoms with Crippen LogP contribution < -0.4 is 10.2 Å². The minimum Gasteiger partial charge on any atom is -0.465 e. The molecule has 1 atom stereocenters. The standard InChI is InChI=1S/C15H22N2O4S.ClH/c1-3-17(15(18)19)11-7-8-14(22(20,21)4-2)12(10-11)13-6-5-9-16-13;/h7-8,10,13,16H,3-6,9H2,1-2H3,(H,18,19);1H. The summed E-state index contributed by atoms with van der Waals surface area (Å²) < 4.78 is 24.6. The van der Waals surface area contributed by atoms with Crippen LogP contribution in [0.2, 0.25) is 0 Å². The van der Waals surface area contributed by atoms with Crippen LogP contribution in [0.15, 0.2) is 23.1 Å². The third-order valence-electron chi connectivity index (χ3n) is 4.00. The van der Waals surface area contributed by atoms with Gasteiger partial charge in [0.2, 0.25) is 0 Å². The predicted octanol–water partition coefficient (Wildman–Crippen LogP) is 2.83. The zero-order valence-corrected chi connectivity index (χ0v) is 14.9. The fraction of sp³-hybridized carbons (Fsp3) is 0.533. The van der Waals surface area contributed by atoms with Crippen molar-refractivity contribution in [1.82, 2.24) is 5.32 Å². The van der Waals surface area contributed by atoms with E-state index in [0.717, 1.165) is 19.4 Å². The lowest BCUT2D eigenvalue weighted by Gasteiger charge is -2.22. The SMILES string of the molecule is CCN(C(=O)O)c1ccc(S(=O)(=O)CC)c(C2CCCN2)c1.Cl. The summed E-state index contributed by atoms with van der Waals surface area (Å²) in [6.45, 7) is 4.52. The van der Waals surface area contributed by atoms with E-state index < -0.39 is 15.9 Å². The van der Waals surface area contributed by atoms with Crippen molar-refractivity contribution < 1.29 is 18.3 Å². The van der Waals surface area contributed by atoms with Crippen molar-refractivity contribution in [3.8, 4) is 0 Å². The molecule has 1 heterocycles. The maximum atomic E-state index is 12.3. The number of benzene rings is 1. The Morgan fingerprint density at radius 3 is 2.57 bits per heavy atom. The van der Waals surface area contributed by atoms with Crippen LogP contribution in [0.4, 0.5) is 10.5 Å². The molecule has 1 amide bonds. The molecule has 0 aliphatic carbocycles. The van der Waals surface area contributed by atoms with Gasteiger partial charge in [0.05, 0.1) is 10.6 Å². The number of hydrogen-bond donors (Lipinski definition) is 2. The van der Waals surface area contributed by atoms with Gasteiger partial charge in [0, 0.05) is 18.3 Å². The summed E-state index contributed by atoms with van der Waals surface area (Å²) in [5.74, 6) is 0.0302. The van der Waals surface area contributed by atoms with Crippen LogP contribution in [0, 0.1) is 0 Å². The molecular weight excluding hydrogens is 340 g/mol. The van der Waals surface area contributed by atoms with Crippen LogP contribution in [0.5, 0.6) is 0 Å². The Kier molecular flexibility index (Phi) is 6.85. The lowest BCUT2D eigenvalue weighted by atomic mass is 10.0. The average Bonchev–Trinajstić information content (AvgIpc) is 3.01. The van der Waals surface area contributed by atoms with Gasteiger partial charge in [-0.25, -0.2) is 13.2 Å². The van der Waals surface area contributed by atoms with Gasteiger partial charge in [0.15, 0.2) is 9.84 Å². The zero-order valence-electron chi connectivity index (χ0n) is 13.3. The van der Waals surface area contributed by atoms with E-state index in [0.29, 0.717) is 22.7 Å². The number of hydrogen-bond acceptors (Lipinski definition) is 4. The molecule has 1 aromatic rings. The maximum Gasteiger partial charge on any atom is 0.411 e. The molecule has 6 nitrogen and oxygen atoms in total. The molecule has 0 spiro atoms. The molecule has 1 aliphatic heterocycles. The third kappa shape index (κ3) is 4.16. The lowest BCUT2D eigenvalue weighted by molar-refractivity contribution is 0.202. The highest BCUT2D eigenvalue weighted by molar-refractivity contribution is 7.91. The van der Waals surface area contributed by atoms with E-state index in [1.54, 1.807) is 26.0 Å². The number of nitrogens with zero attached hydrogens (tertiary/aromatic N) is 1. The van der Waals surface area contributed by atoms with Crippen molar-refractivity contribution in [2.45, 2.75) is 37.6 Å². The van der Waals surface area contributed by atoms with Crippen LogP contribution in [0.25, 0.3) is 0 Å². The molecule has 8 heteroatoms. The van der Waals surface area contributed by atoms with Gasteiger partial charge < -0.3 is 10.4 Å². The van der Waals surface area contributed by atoms with Crippen molar-refractivity contribution in [3.05, 3.63) is 23.8 Å². The van der Waals surface area contributed by atoms with Gasteiger partial charge in [0.25, 0.3) is 0 Å². The number of anilines is 1. The fourth-order valence-electron chi connectivity index (χ4n) is 2.79. The minimum absolute atomic E-state index is 0. The van der Waals surface area contributed by atoms with Crippen molar-refractivity contribution in [3.63, 3.8) is 0 Å². The number of carbonyl (C=O) groups is 1. The summed E-state index contributed by atoms with van der Waals surface area (Å²) >= 11 is 0. The molecule has 0 aromatic heterocycles. The number of amides is 1. The summed E-state index contributed by atoms with van der Waals surface area (Å²) in [6.07, 6.45) is 0.796. The van der Waals surface area contributed by atoms with E-state index in [1.165, 1.54) is 11.0 Å². The maximum absolute atomic E-state index is 12.3. The largest absolute Gasteiger partial charge is 0.465 e. The van der Waals surface area contributed by atoms with Crippen molar-refractivity contribution in [1.29, 1.82) is 0 Å². The second-order valence-electron chi connectivity index (χ2n) is 5.30. The second kappa shape index (κ2) is 7.99. The fourth-order valence-corrected chi connectivity index (χ4v) is 3.94. The predicted molar refractivity (Wildman–Crippen MR) is 92.4 cm³/mol. The Bertz CT molecular complexity index is 657. The van der Waals surface area contributed by atoms with Gasteiger partial charge in [-0.15, -0.1) is 12.4 Å². The first-order chi connectivity index (χ1) is 10.4. The third-order valence-corrected chi connectivity index (χ3v) is 5.80. The highest BCUT2D eigenvalue weighted by Gasteiger charge is 2.26. The summed E-state index contributed by atoms with van der Waals surface area (Å²) in [5.41, 5.74) is 1.19. The van der Waals surface area contributed by atoms with Crippen LogP contribution in [-0.4, -0.2) is 38.5 Å². The monoisotopic (exact) mass is 362 g/mol. The van der Waals surface area contributed by atoms with Crippen molar-refractivity contribution >= 4 is 34.0 Å². The Morgan fingerprint density at radius 2 is 2.09 bits per heavy atom. The first-order valence-electron chi connectivity index (χ1n) is 7.51. The number of carboxylic acid groups (broad SMARTS) is 1. The van der Waals surface area contributed by atoms with E-state index in [1.807, 2.05) is 0 Å². The molecule has 0 saturated carbocycles. The van der Waals surface area contributed by atoms with E-state index in [2.05, 4.69) is 5.32 Å². The van der Waals surface area contributed by atoms with Crippen LogP contribution >= 0.6 is 12.4 Å². The molecule has 0 radical (unpaired) electrons. The summed E-state index contributed by atoms with van der Waals surface area (Å²) in [4.78, 5) is 12.8. The average molecular weight is 363 g/mol. The minimum atomic E-state index is -3.34. The van der Waals surface area contributed by atoms with Gasteiger partial charge in [-0.2, -0.15) is 0 Å². The van der Waals surface area contributed by atoms with Crippen LogP contribution in [0.1, 0.15) is 38.3 Å².